The van der Waals surface area contributed by atoms with E-state index >= 15 is 0 Å². The van der Waals surface area contributed by atoms with Gasteiger partial charge in [0.2, 0.25) is 5.91 Å². The Morgan fingerprint density at radius 2 is 1.56 bits per heavy atom. The van der Waals surface area contributed by atoms with Gasteiger partial charge in [-0.2, -0.15) is 0 Å². The van der Waals surface area contributed by atoms with Crippen molar-refractivity contribution in [2.45, 2.75) is 57.5 Å². The van der Waals surface area contributed by atoms with Crippen molar-refractivity contribution in [3.05, 3.63) is 71.0 Å². The number of likely N-dealkylation sites (tertiary alicyclic amines) is 1. The summed E-state index contributed by atoms with van der Waals surface area (Å²) in [5.41, 5.74) is 2.01. The lowest BCUT2D eigenvalue weighted by Crippen LogP contribution is -2.55. The van der Waals surface area contributed by atoms with Crippen LogP contribution in [0.1, 0.15) is 64.8 Å². The number of carbonyl (C=O) groups is 3. The van der Waals surface area contributed by atoms with Crippen molar-refractivity contribution in [2.24, 2.45) is 5.92 Å². The van der Waals surface area contributed by atoms with E-state index in [9.17, 15) is 18.8 Å². The highest BCUT2D eigenvalue weighted by atomic mass is 19.1. The first-order valence-electron chi connectivity index (χ1n) is 12.1. The zero-order valence-corrected chi connectivity index (χ0v) is 19.6. The predicted octanol–water partition coefficient (Wildman–Crippen LogP) is 3.84. The maximum absolute atomic E-state index is 13.2. The molecule has 0 spiro atoms. The number of halogens is 1. The van der Waals surface area contributed by atoms with E-state index in [1.807, 2.05) is 31.2 Å². The third-order valence-corrected chi connectivity index (χ3v) is 6.97. The minimum Gasteiger partial charge on any atom is -0.351 e. The minimum absolute atomic E-state index is 0.0299. The maximum atomic E-state index is 13.2. The lowest BCUT2D eigenvalue weighted by atomic mass is 9.88. The SMILES string of the molecule is Cc1ccccc1C(=O)N1CCC[C@@H](C(=O)N[C@@H]2CCCC[C@H]2NC(=O)c2ccc(F)cc2)C1. The number of nitrogens with zero attached hydrogens (tertiary/aromatic N) is 1. The Morgan fingerprint density at radius 1 is 0.882 bits per heavy atom. The Hall–Kier alpha value is -3.22. The molecule has 4 rings (SSSR count). The van der Waals surface area contributed by atoms with Crippen LogP contribution in [0.25, 0.3) is 0 Å². The summed E-state index contributed by atoms with van der Waals surface area (Å²) in [6.07, 6.45) is 5.05. The second-order valence-corrected chi connectivity index (χ2v) is 9.39. The third kappa shape index (κ3) is 5.64. The molecule has 1 aliphatic carbocycles. The van der Waals surface area contributed by atoms with Crippen molar-refractivity contribution in [3.63, 3.8) is 0 Å². The van der Waals surface area contributed by atoms with Crippen molar-refractivity contribution in [1.82, 2.24) is 15.5 Å². The molecule has 2 fully saturated rings. The Bertz CT molecular complexity index is 1040. The summed E-state index contributed by atoms with van der Waals surface area (Å²) in [7, 11) is 0. The van der Waals surface area contributed by atoms with Crippen LogP contribution in [0.15, 0.2) is 48.5 Å². The molecule has 0 radical (unpaired) electrons. The number of hydrogen-bond donors (Lipinski definition) is 2. The number of piperidine rings is 1. The first-order valence-corrected chi connectivity index (χ1v) is 12.1. The summed E-state index contributed by atoms with van der Waals surface area (Å²) in [5, 5.41) is 6.19. The van der Waals surface area contributed by atoms with Crippen LogP contribution in [-0.2, 0) is 4.79 Å². The highest BCUT2D eigenvalue weighted by Gasteiger charge is 2.33. The van der Waals surface area contributed by atoms with Gasteiger partial charge in [0.05, 0.1) is 5.92 Å². The Labute approximate surface area is 199 Å². The average Bonchev–Trinajstić information content (AvgIpc) is 2.85. The van der Waals surface area contributed by atoms with Gasteiger partial charge in [-0.3, -0.25) is 14.4 Å². The maximum Gasteiger partial charge on any atom is 0.254 e. The zero-order chi connectivity index (χ0) is 24.1. The minimum atomic E-state index is -0.387. The van der Waals surface area contributed by atoms with Crippen molar-refractivity contribution < 1.29 is 18.8 Å². The number of aryl methyl sites for hydroxylation is 1. The van der Waals surface area contributed by atoms with Gasteiger partial charge in [0.25, 0.3) is 11.8 Å². The number of hydrogen-bond acceptors (Lipinski definition) is 3. The molecule has 2 aliphatic rings. The highest BCUT2D eigenvalue weighted by Crippen LogP contribution is 2.23. The molecule has 6 nitrogen and oxygen atoms in total. The average molecular weight is 466 g/mol. The molecule has 2 aromatic carbocycles. The first kappa shape index (κ1) is 23.9. The molecule has 7 heteroatoms. The molecule has 1 saturated heterocycles. The van der Waals surface area contributed by atoms with Crippen LogP contribution >= 0.6 is 0 Å². The Kier molecular flexibility index (Phi) is 7.60. The third-order valence-electron chi connectivity index (χ3n) is 6.97. The topological polar surface area (TPSA) is 78.5 Å². The molecular formula is C27H32FN3O3. The molecule has 0 aromatic heterocycles. The summed E-state index contributed by atoms with van der Waals surface area (Å²) in [6.45, 7) is 2.97. The van der Waals surface area contributed by atoms with Gasteiger partial charge in [-0.05, 0) is 68.5 Å². The van der Waals surface area contributed by atoms with Gasteiger partial charge in [0, 0.05) is 36.3 Å². The van der Waals surface area contributed by atoms with Crippen LogP contribution in [-0.4, -0.2) is 47.8 Å². The van der Waals surface area contributed by atoms with E-state index in [4.69, 9.17) is 0 Å². The van der Waals surface area contributed by atoms with Crippen molar-refractivity contribution >= 4 is 17.7 Å². The summed E-state index contributed by atoms with van der Waals surface area (Å²) < 4.78 is 13.2. The van der Waals surface area contributed by atoms with Crippen LogP contribution in [0.5, 0.6) is 0 Å². The fraction of sp³-hybridized carbons (Fsp3) is 0.444. The molecule has 1 saturated carbocycles. The van der Waals surface area contributed by atoms with E-state index in [0.29, 0.717) is 24.2 Å². The van der Waals surface area contributed by atoms with E-state index in [2.05, 4.69) is 10.6 Å². The van der Waals surface area contributed by atoms with Crippen LogP contribution < -0.4 is 10.6 Å². The molecule has 2 aromatic rings. The van der Waals surface area contributed by atoms with Gasteiger partial charge in [-0.25, -0.2) is 4.39 Å². The smallest absolute Gasteiger partial charge is 0.254 e. The number of carbonyl (C=O) groups excluding carboxylic acids is 3. The summed E-state index contributed by atoms with van der Waals surface area (Å²) in [6, 6.07) is 12.6. The Balaban J connectivity index is 1.37. The molecule has 1 heterocycles. The molecule has 2 N–H and O–H groups in total. The van der Waals surface area contributed by atoms with Crippen LogP contribution in [0, 0.1) is 18.7 Å². The number of amides is 3. The first-order chi connectivity index (χ1) is 16.4. The zero-order valence-electron chi connectivity index (χ0n) is 19.6. The fourth-order valence-electron chi connectivity index (χ4n) is 4.99. The van der Waals surface area contributed by atoms with E-state index < -0.39 is 0 Å². The predicted molar refractivity (Wildman–Crippen MR) is 128 cm³/mol. The molecule has 1 aliphatic heterocycles. The van der Waals surface area contributed by atoms with Crippen molar-refractivity contribution in [1.29, 1.82) is 0 Å². The molecular weight excluding hydrogens is 433 g/mol. The van der Waals surface area contributed by atoms with E-state index in [0.717, 1.165) is 44.1 Å². The lowest BCUT2D eigenvalue weighted by molar-refractivity contribution is -0.127. The van der Waals surface area contributed by atoms with Gasteiger partial charge in [-0.1, -0.05) is 31.0 Å². The standard InChI is InChI=1S/C27H32FN3O3/c1-18-7-2-3-9-22(18)27(34)31-16-6-8-20(17-31)26(33)30-24-11-5-4-10-23(24)29-25(32)19-12-14-21(28)15-13-19/h2-3,7,9,12-15,20,23-24H,4-6,8,10-11,16-17H2,1H3,(H,29,32)(H,30,33)/t20-,23-,24-/m1/s1. The highest BCUT2D eigenvalue weighted by molar-refractivity contribution is 5.96. The number of nitrogens with one attached hydrogen (secondary N) is 2. The second-order valence-electron chi connectivity index (χ2n) is 9.39. The summed E-state index contributed by atoms with van der Waals surface area (Å²) >= 11 is 0. The summed E-state index contributed by atoms with van der Waals surface area (Å²) in [5.74, 6) is -1.01. The number of rotatable bonds is 5. The van der Waals surface area contributed by atoms with Gasteiger partial charge in [0.1, 0.15) is 5.82 Å². The Morgan fingerprint density at radius 3 is 2.26 bits per heavy atom. The van der Waals surface area contributed by atoms with Crippen molar-refractivity contribution in [2.75, 3.05) is 13.1 Å². The fourth-order valence-corrected chi connectivity index (χ4v) is 4.99. The van der Waals surface area contributed by atoms with Gasteiger partial charge in [0.15, 0.2) is 0 Å². The largest absolute Gasteiger partial charge is 0.351 e. The van der Waals surface area contributed by atoms with E-state index in [-0.39, 0.29) is 41.5 Å². The molecule has 180 valence electrons. The van der Waals surface area contributed by atoms with Gasteiger partial charge >= 0.3 is 0 Å². The van der Waals surface area contributed by atoms with Crippen LogP contribution in [0.3, 0.4) is 0 Å². The molecule has 3 atom stereocenters. The van der Waals surface area contributed by atoms with E-state index in [1.54, 1.807) is 4.90 Å². The summed E-state index contributed by atoms with van der Waals surface area (Å²) in [4.78, 5) is 40.6. The van der Waals surface area contributed by atoms with Crippen molar-refractivity contribution in [3.8, 4) is 0 Å². The van der Waals surface area contributed by atoms with Crippen LogP contribution in [0.4, 0.5) is 4.39 Å². The van der Waals surface area contributed by atoms with Crippen LogP contribution in [0.2, 0.25) is 0 Å². The number of benzene rings is 2. The normalized spacial score (nSPS) is 22.6. The second kappa shape index (κ2) is 10.8. The lowest BCUT2D eigenvalue weighted by Gasteiger charge is -2.36. The quantitative estimate of drug-likeness (QED) is 0.704. The van der Waals surface area contributed by atoms with Gasteiger partial charge in [-0.15, -0.1) is 0 Å². The van der Waals surface area contributed by atoms with Gasteiger partial charge < -0.3 is 15.5 Å². The molecule has 3 amide bonds. The molecule has 0 unspecified atom stereocenters. The molecule has 0 bridgehead atoms. The molecule has 34 heavy (non-hydrogen) atoms. The monoisotopic (exact) mass is 465 g/mol. The van der Waals surface area contributed by atoms with E-state index in [1.165, 1.54) is 24.3 Å².